The van der Waals surface area contributed by atoms with Crippen LogP contribution in [0, 0.1) is 0 Å². The Hall–Kier alpha value is -1.77. The minimum absolute atomic E-state index is 0.0275. The number of rotatable bonds is 5. The summed E-state index contributed by atoms with van der Waals surface area (Å²) in [7, 11) is -3.88. The topological polar surface area (TPSA) is 69.7 Å². The monoisotopic (exact) mass is 326 g/mol. The van der Waals surface area contributed by atoms with Gasteiger partial charge in [0.2, 0.25) is 0 Å². The normalized spacial score (nSPS) is 12.0. The second kappa shape index (κ2) is 6.33. The van der Waals surface area contributed by atoms with Gasteiger partial charge >= 0.3 is 22.3 Å². The molecule has 0 heterocycles. The predicted octanol–water partition coefficient (Wildman–Crippen LogP) is 2.15. The van der Waals surface area contributed by atoms with Crippen molar-refractivity contribution < 1.29 is 35.3 Å². The minimum atomic E-state index is -4.68. The van der Waals surface area contributed by atoms with Crippen LogP contribution in [-0.4, -0.2) is 27.2 Å². The van der Waals surface area contributed by atoms with Crippen LogP contribution in [-0.2, 0) is 32.2 Å². The molecule has 0 aliphatic carbocycles. The predicted molar refractivity (Wildman–Crippen MR) is 67.3 cm³/mol. The van der Waals surface area contributed by atoms with Crippen LogP contribution in [0.4, 0.5) is 13.2 Å². The molecule has 0 saturated carbocycles. The van der Waals surface area contributed by atoms with Crippen LogP contribution in [0.2, 0.25) is 0 Å². The molecule has 0 aromatic heterocycles. The van der Waals surface area contributed by atoms with E-state index in [0.29, 0.717) is 6.07 Å². The molecule has 0 spiro atoms. The van der Waals surface area contributed by atoms with Crippen LogP contribution < -0.4 is 4.18 Å². The van der Waals surface area contributed by atoms with E-state index in [2.05, 4.69) is 8.92 Å². The fourth-order valence-electron chi connectivity index (χ4n) is 1.59. The smallest absolute Gasteiger partial charge is 0.416 e. The Morgan fingerprint density at radius 1 is 1.29 bits per heavy atom. The van der Waals surface area contributed by atoms with Gasteiger partial charge in [0.05, 0.1) is 24.8 Å². The molecule has 9 heteroatoms. The maximum Gasteiger partial charge on any atom is 0.416 e. The zero-order valence-electron chi connectivity index (χ0n) is 11.2. The fraction of sp³-hybridized carbons (Fsp3) is 0.417. The summed E-state index contributed by atoms with van der Waals surface area (Å²) in [4.78, 5) is 11.3. The molecule has 0 atom stereocenters. The third-order valence-corrected chi connectivity index (χ3v) is 2.77. The zero-order valence-corrected chi connectivity index (χ0v) is 12.0. The second-order valence-electron chi connectivity index (χ2n) is 4.09. The van der Waals surface area contributed by atoms with Crippen LogP contribution in [0.3, 0.4) is 0 Å². The summed E-state index contributed by atoms with van der Waals surface area (Å²) in [5.41, 5.74) is -1.46. The Morgan fingerprint density at radius 3 is 2.38 bits per heavy atom. The van der Waals surface area contributed by atoms with Crippen LogP contribution in [0.1, 0.15) is 18.1 Å². The summed E-state index contributed by atoms with van der Waals surface area (Å²) in [6, 6.07) is 2.40. The van der Waals surface area contributed by atoms with Crippen molar-refractivity contribution in [3.05, 3.63) is 29.3 Å². The minimum Gasteiger partial charge on any atom is -0.466 e. The lowest BCUT2D eigenvalue weighted by Crippen LogP contribution is -2.15. The fourth-order valence-corrected chi connectivity index (χ4v) is 2.04. The van der Waals surface area contributed by atoms with E-state index in [-0.39, 0.29) is 12.4 Å². The number of alkyl halides is 3. The molecular weight excluding hydrogens is 313 g/mol. The van der Waals surface area contributed by atoms with Gasteiger partial charge in [0.25, 0.3) is 0 Å². The van der Waals surface area contributed by atoms with E-state index < -0.39 is 39.8 Å². The molecule has 0 fully saturated rings. The number of benzene rings is 1. The van der Waals surface area contributed by atoms with E-state index in [9.17, 15) is 26.4 Å². The molecule has 118 valence electrons. The number of halogens is 3. The van der Waals surface area contributed by atoms with Gasteiger partial charge in [0, 0.05) is 0 Å². The van der Waals surface area contributed by atoms with Gasteiger partial charge in [-0.15, -0.1) is 0 Å². The highest BCUT2D eigenvalue weighted by molar-refractivity contribution is 7.86. The SMILES string of the molecule is CCOC(=O)Cc1cc(OS(C)(=O)=O)ccc1C(F)(F)F. The molecule has 21 heavy (non-hydrogen) atoms. The summed E-state index contributed by atoms with van der Waals surface area (Å²) < 4.78 is 69.6. The third-order valence-electron chi connectivity index (χ3n) is 2.27. The van der Waals surface area contributed by atoms with Gasteiger partial charge in [-0.3, -0.25) is 4.79 Å². The van der Waals surface area contributed by atoms with Gasteiger partial charge in [0.1, 0.15) is 5.75 Å². The van der Waals surface area contributed by atoms with Gasteiger partial charge in [-0.25, -0.2) is 0 Å². The highest BCUT2D eigenvalue weighted by Gasteiger charge is 2.34. The van der Waals surface area contributed by atoms with Crippen molar-refractivity contribution in [1.82, 2.24) is 0 Å². The molecule has 0 aliphatic heterocycles. The van der Waals surface area contributed by atoms with Crippen molar-refractivity contribution in [2.75, 3.05) is 12.9 Å². The highest BCUT2D eigenvalue weighted by atomic mass is 32.2. The van der Waals surface area contributed by atoms with Crippen LogP contribution in [0.5, 0.6) is 5.75 Å². The van der Waals surface area contributed by atoms with Crippen LogP contribution in [0.25, 0.3) is 0 Å². The zero-order chi connectivity index (χ0) is 16.3. The van der Waals surface area contributed by atoms with Crippen LogP contribution in [0.15, 0.2) is 18.2 Å². The van der Waals surface area contributed by atoms with E-state index in [1.165, 1.54) is 6.92 Å². The first-order chi connectivity index (χ1) is 9.53. The first-order valence-corrected chi connectivity index (χ1v) is 7.59. The molecule has 1 aromatic carbocycles. The number of esters is 1. The standard InChI is InChI=1S/C12H13F3O5S/c1-3-19-11(16)7-8-6-9(20-21(2,17)18)4-5-10(8)12(13,14)15/h4-6H,3,7H2,1-2H3. The molecular formula is C12H13F3O5S. The van der Waals surface area contributed by atoms with Gasteiger partial charge in [0.15, 0.2) is 0 Å². The van der Waals surface area contributed by atoms with Gasteiger partial charge in [-0.2, -0.15) is 21.6 Å². The Morgan fingerprint density at radius 2 is 1.90 bits per heavy atom. The van der Waals surface area contributed by atoms with Gasteiger partial charge in [-0.05, 0) is 30.7 Å². The molecule has 0 amide bonds. The first kappa shape index (κ1) is 17.3. The summed E-state index contributed by atoms with van der Waals surface area (Å²) in [6.45, 7) is 1.55. The molecule has 1 rings (SSSR count). The summed E-state index contributed by atoms with van der Waals surface area (Å²) >= 11 is 0. The molecule has 0 radical (unpaired) electrons. The molecule has 0 unspecified atom stereocenters. The lowest BCUT2D eigenvalue weighted by Gasteiger charge is -2.14. The van der Waals surface area contributed by atoms with E-state index in [1.54, 1.807) is 0 Å². The quantitative estimate of drug-likeness (QED) is 0.612. The van der Waals surface area contributed by atoms with Crippen LogP contribution >= 0.6 is 0 Å². The third kappa shape index (κ3) is 5.62. The summed E-state index contributed by atoms with van der Waals surface area (Å²) in [5, 5.41) is 0. The molecule has 0 aliphatic rings. The summed E-state index contributed by atoms with van der Waals surface area (Å²) in [6.07, 6.45) is -4.55. The van der Waals surface area contributed by atoms with E-state index in [1.807, 2.05) is 0 Å². The maximum atomic E-state index is 12.8. The maximum absolute atomic E-state index is 12.8. The van der Waals surface area contributed by atoms with E-state index in [4.69, 9.17) is 0 Å². The number of ether oxygens (including phenoxy) is 1. The molecule has 0 bridgehead atoms. The Balaban J connectivity index is 3.19. The Bertz CT molecular complexity index is 622. The van der Waals surface area contributed by atoms with Gasteiger partial charge < -0.3 is 8.92 Å². The van der Waals surface area contributed by atoms with Gasteiger partial charge in [-0.1, -0.05) is 0 Å². The number of hydrogen-bond acceptors (Lipinski definition) is 5. The Labute approximate surface area is 119 Å². The number of hydrogen-bond donors (Lipinski definition) is 0. The van der Waals surface area contributed by atoms with E-state index >= 15 is 0 Å². The van der Waals surface area contributed by atoms with E-state index in [0.717, 1.165) is 18.4 Å². The van der Waals surface area contributed by atoms with Crippen molar-refractivity contribution in [1.29, 1.82) is 0 Å². The number of carbonyl (C=O) groups excluding carboxylic acids is 1. The van der Waals surface area contributed by atoms with Crippen molar-refractivity contribution in [2.24, 2.45) is 0 Å². The highest BCUT2D eigenvalue weighted by Crippen LogP contribution is 2.34. The lowest BCUT2D eigenvalue weighted by atomic mass is 10.0. The lowest BCUT2D eigenvalue weighted by molar-refractivity contribution is -0.143. The molecule has 1 aromatic rings. The van der Waals surface area contributed by atoms with Crippen molar-refractivity contribution in [3.8, 4) is 5.75 Å². The molecule has 0 saturated heterocycles. The van der Waals surface area contributed by atoms with Crippen molar-refractivity contribution in [3.63, 3.8) is 0 Å². The average Bonchev–Trinajstić information content (AvgIpc) is 2.25. The second-order valence-corrected chi connectivity index (χ2v) is 5.66. The van der Waals surface area contributed by atoms with Crippen molar-refractivity contribution >= 4 is 16.1 Å². The number of carbonyl (C=O) groups is 1. The first-order valence-electron chi connectivity index (χ1n) is 5.78. The summed E-state index contributed by atoms with van der Waals surface area (Å²) in [5.74, 6) is -1.15. The molecule has 0 N–H and O–H groups in total. The Kier molecular flexibility index (Phi) is 5.21. The average molecular weight is 326 g/mol. The van der Waals surface area contributed by atoms with Crippen molar-refractivity contribution in [2.45, 2.75) is 19.5 Å². The largest absolute Gasteiger partial charge is 0.466 e. The molecule has 5 nitrogen and oxygen atoms in total.